The lowest BCUT2D eigenvalue weighted by atomic mass is 9.79. The number of benzene rings is 1. The van der Waals surface area contributed by atoms with E-state index in [-0.39, 0.29) is 6.61 Å². The van der Waals surface area contributed by atoms with Gasteiger partial charge in [0.25, 0.3) is 0 Å². The maximum Gasteiger partial charge on any atom is 0.509 e. The third kappa shape index (κ3) is 3.87. The average molecular weight is 297 g/mol. The number of nitrogens with zero attached hydrogens (tertiary/aromatic N) is 2. The largest absolute Gasteiger partial charge is 0.509 e. The lowest BCUT2D eigenvalue weighted by molar-refractivity contribution is 0.296. The molecule has 0 saturated heterocycles. The summed E-state index contributed by atoms with van der Waals surface area (Å²) >= 11 is 0. The first-order chi connectivity index (χ1) is 9.90. The summed E-state index contributed by atoms with van der Waals surface area (Å²) in [6.07, 6.45) is 0. The Hall–Kier alpha value is -2.25. The average Bonchev–Trinajstić information content (AvgIpc) is 2.45. The lowest BCUT2D eigenvalue weighted by Crippen LogP contribution is -2.34. The molecule has 0 N–H and O–H groups in total. The van der Waals surface area contributed by atoms with Crippen molar-refractivity contribution < 1.29 is 22.4 Å². The van der Waals surface area contributed by atoms with E-state index in [1.54, 1.807) is 19.1 Å². The molecule has 0 bridgehead atoms. The van der Waals surface area contributed by atoms with Crippen molar-refractivity contribution in [1.82, 2.24) is 10.2 Å². The smallest absolute Gasteiger partial charge is 0.487 e. The molecule has 1 aromatic carbocycles. The fourth-order valence-electron chi connectivity index (χ4n) is 1.72. The molecule has 0 aliphatic carbocycles. The Kier molecular flexibility index (Phi) is 4.35. The predicted octanol–water partition coefficient (Wildman–Crippen LogP) is 2.43. The van der Waals surface area contributed by atoms with Gasteiger partial charge in [-0.15, -0.1) is 15.7 Å². The minimum Gasteiger partial charge on any atom is -0.487 e. The predicted molar refractivity (Wildman–Crippen MR) is 72.8 cm³/mol. The van der Waals surface area contributed by atoms with Crippen LogP contribution in [0.2, 0.25) is 0 Å². The summed E-state index contributed by atoms with van der Waals surface area (Å²) in [7, 11) is 1.48. The molecule has 4 nitrogen and oxygen atoms in total. The molecule has 0 saturated carbocycles. The van der Waals surface area contributed by atoms with Crippen LogP contribution in [0.15, 0.2) is 30.3 Å². The maximum atomic E-state index is 12.6. The Morgan fingerprint density at radius 1 is 1.10 bits per heavy atom. The van der Waals surface area contributed by atoms with Crippen LogP contribution >= 0.6 is 0 Å². The number of aromatic nitrogens is 2. The van der Waals surface area contributed by atoms with E-state index in [0.717, 1.165) is 12.1 Å². The van der Waals surface area contributed by atoms with Crippen molar-refractivity contribution in [3.8, 4) is 11.6 Å². The first kappa shape index (κ1) is 15.1. The van der Waals surface area contributed by atoms with Crippen molar-refractivity contribution >= 4 is 12.4 Å². The van der Waals surface area contributed by atoms with Gasteiger partial charge < -0.3 is 22.4 Å². The Balaban J connectivity index is 2.06. The second-order valence-corrected chi connectivity index (χ2v) is 4.46. The second kappa shape index (κ2) is 6.03. The third-order valence-electron chi connectivity index (χ3n) is 2.86. The minimum absolute atomic E-state index is 0.119. The van der Waals surface area contributed by atoms with Gasteiger partial charge in [0.05, 0.1) is 7.11 Å². The van der Waals surface area contributed by atoms with Gasteiger partial charge in [0.1, 0.15) is 18.1 Å². The van der Waals surface area contributed by atoms with Crippen LogP contribution in [0.25, 0.3) is 0 Å². The number of rotatable bonds is 5. The van der Waals surface area contributed by atoms with Crippen LogP contribution in [0.5, 0.6) is 11.6 Å². The van der Waals surface area contributed by atoms with Gasteiger partial charge in [-0.2, -0.15) is 0 Å². The molecule has 0 aliphatic rings. The molecule has 0 spiro atoms. The zero-order chi connectivity index (χ0) is 15.5. The number of hydrogen-bond acceptors (Lipinski definition) is 4. The molecule has 21 heavy (non-hydrogen) atoms. The van der Waals surface area contributed by atoms with Crippen LogP contribution in [0, 0.1) is 6.92 Å². The van der Waals surface area contributed by atoms with Crippen LogP contribution in [0.3, 0.4) is 0 Å². The van der Waals surface area contributed by atoms with Crippen LogP contribution in [0.4, 0.5) is 12.9 Å². The third-order valence-corrected chi connectivity index (χ3v) is 2.86. The Morgan fingerprint density at radius 2 is 1.86 bits per heavy atom. The number of halogens is 3. The van der Waals surface area contributed by atoms with E-state index < -0.39 is 12.4 Å². The summed E-state index contributed by atoms with van der Waals surface area (Å²) in [5.74, 6) is 0.767. The highest BCUT2D eigenvalue weighted by atomic mass is 19.4. The molecule has 1 heterocycles. The Morgan fingerprint density at radius 3 is 2.38 bits per heavy atom. The quantitative estimate of drug-likeness (QED) is 0.795. The fraction of sp³-hybridized carbons (Fsp3) is 0.231. The zero-order valence-corrected chi connectivity index (χ0v) is 11.5. The Labute approximate surface area is 120 Å². The van der Waals surface area contributed by atoms with Gasteiger partial charge in [-0.3, -0.25) is 0 Å². The van der Waals surface area contributed by atoms with Crippen molar-refractivity contribution in [2.45, 2.75) is 13.5 Å². The van der Waals surface area contributed by atoms with Crippen LogP contribution in [-0.2, 0) is 6.61 Å². The van der Waals surface area contributed by atoms with Gasteiger partial charge >= 0.3 is 6.98 Å². The number of hydrogen-bond donors (Lipinski definition) is 0. The van der Waals surface area contributed by atoms with Gasteiger partial charge in [-0.1, -0.05) is 12.1 Å². The molecular weight excluding hydrogens is 284 g/mol. The number of aryl methyl sites for hydroxylation is 1. The summed E-state index contributed by atoms with van der Waals surface area (Å²) in [4.78, 5) is 0. The highest BCUT2D eigenvalue weighted by molar-refractivity contribution is 6.73. The summed E-state index contributed by atoms with van der Waals surface area (Å²) in [6, 6.07) is 6.72. The van der Waals surface area contributed by atoms with Crippen molar-refractivity contribution in [3.05, 3.63) is 41.6 Å². The lowest BCUT2D eigenvalue weighted by Gasteiger charge is -2.17. The van der Waals surface area contributed by atoms with E-state index >= 15 is 0 Å². The first-order valence-electron chi connectivity index (χ1n) is 6.20. The molecule has 112 valence electrons. The fourth-order valence-corrected chi connectivity index (χ4v) is 1.72. The van der Waals surface area contributed by atoms with E-state index in [1.807, 2.05) is 0 Å². The van der Waals surface area contributed by atoms with E-state index in [0.29, 0.717) is 22.9 Å². The molecule has 0 atom stereocenters. The van der Waals surface area contributed by atoms with E-state index in [1.165, 1.54) is 13.2 Å². The normalized spacial score (nSPS) is 11.3. The SMILES string of the molecule is COc1ccc(COc2ccc([B-](F)(F)F)cc2C)nn1. The second-order valence-electron chi connectivity index (χ2n) is 4.46. The van der Waals surface area contributed by atoms with Crippen molar-refractivity contribution in [3.63, 3.8) is 0 Å². The standard InChI is InChI=1S/C13H13BF3N2O2/c1-9-7-10(14(15,16)17)3-5-12(9)21-8-11-4-6-13(20-2)19-18-11/h3-7H,8H2,1-2H3/q-1. The van der Waals surface area contributed by atoms with Gasteiger partial charge in [-0.25, -0.2) is 0 Å². The van der Waals surface area contributed by atoms with E-state index in [2.05, 4.69) is 10.2 Å². The highest BCUT2D eigenvalue weighted by Crippen LogP contribution is 2.20. The summed E-state index contributed by atoms with van der Waals surface area (Å²) < 4.78 is 48.2. The van der Waals surface area contributed by atoms with E-state index in [9.17, 15) is 12.9 Å². The molecule has 2 aromatic rings. The molecule has 0 unspecified atom stereocenters. The van der Waals surface area contributed by atoms with Gasteiger partial charge in [0, 0.05) is 6.07 Å². The van der Waals surface area contributed by atoms with Gasteiger partial charge in [-0.05, 0) is 24.6 Å². The van der Waals surface area contributed by atoms with Gasteiger partial charge in [0.15, 0.2) is 0 Å². The van der Waals surface area contributed by atoms with Crippen molar-refractivity contribution in [2.24, 2.45) is 0 Å². The molecular formula is C13H13BF3N2O2-. The number of methoxy groups -OCH3 is 1. The van der Waals surface area contributed by atoms with Crippen LogP contribution in [0.1, 0.15) is 11.3 Å². The molecule has 2 rings (SSSR count). The summed E-state index contributed by atoms with van der Waals surface area (Å²) in [5, 5.41) is 7.65. The van der Waals surface area contributed by atoms with Crippen LogP contribution < -0.4 is 14.9 Å². The molecule has 0 amide bonds. The molecule has 0 aliphatic heterocycles. The summed E-state index contributed by atoms with van der Waals surface area (Å²) in [5.41, 5.74) is 0.344. The van der Waals surface area contributed by atoms with Gasteiger partial charge in [0.2, 0.25) is 5.88 Å². The molecule has 0 fully saturated rings. The monoisotopic (exact) mass is 297 g/mol. The van der Waals surface area contributed by atoms with Crippen molar-refractivity contribution in [1.29, 1.82) is 0 Å². The van der Waals surface area contributed by atoms with Crippen LogP contribution in [-0.4, -0.2) is 24.3 Å². The molecule has 8 heteroatoms. The Bertz CT molecular complexity index is 618. The minimum atomic E-state index is -5.00. The topological polar surface area (TPSA) is 44.2 Å². The van der Waals surface area contributed by atoms with Crippen molar-refractivity contribution in [2.75, 3.05) is 7.11 Å². The summed E-state index contributed by atoms with van der Waals surface area (Å²) in [6.45, 7) is -3.31. The first-order valence-corrected chi connectivity index (χ1v) is 6.20. The zero-order valence-electron chi connectivity index (χ0n) is 11.5. The highest BCUT2D eigenvalue weighted by Gasteiger charge is 2.25. The maximum absolute atomic E-state index is 12.6. The number of ether oxygens (including phenoxy) is 2. The molecule has 1 aromatic heterocycles. The van der Waals surface area contributed by atoms with E-state index in [4.69, 9.17) is 9.47 Å². The molecule has 0 radical (unpaired) electrons.